The van der Waals surface area contributed by atoms with Crippen molar-refractivity contribution in [2.45, 2.75) is 0 Å². The van der Waals surface area contributed by atoms with E-state index in [0.29, 0.717) is 27.8 Å². The summed E-state index contributed by atoms with van der Waals surface area (Å²) in [6, 6.07) is 20.8. The number of aromatic nitrogens is 2. The molecule has 10 heteroatoms. The highest BCUT2D eigenvalue weighted by Crippen LogP contribution is 2.33. The van der Waals surface area contributed by atoms with Gasteiger partial charge >= 0.3 is 0 Å². The lowest BCUT2D eigenvalue weighted by molar-refractivity contribution is 0.402. The van der Waals surface area contributed by atoms with Crippen molar-refractivity contribution in [3.05, 3.63) is 97.4 Å². The molecule has 0 amide bonds. The maximum absolute atomic E-state index is 13.4. The van der Waals surface area contributed by atoms with Crippen LogP contribution in [0, 0.1) is 4.77 Å². The Bertz CT molecular complexity index is 1480. The van der Waals surface area contributed by atoms with Crippen LogP contribution in [0.4, 0.5) is 11.4 Å². The molecule has 33 heavy (non-hydrogen) atoms. The molecule has 0 radical (unpaired) electrons. The highest BCUT2D eigenvalue weighted by atomic mass is 79.9. The van der Waals surface area contributed by atoms with Crippen LogP contribution in [-0.2, 0) is 0 Å². The van der Waals surface area contributed by atoms with Gasteiger partial charge in [0.25, 0.3) is 5.56 Å². The molecule has 1 aromatic heterocycles. The fourth-order valence-corrected chi connectivity index (χ4v) is 3.97. The third-order valence-electron chi connectivity index (χ3n) is 4.73. The summed E-state index contributed by atoms with van der Waals surface area (Å²) < 4.78 is 8.90. The van der Waals surface area contributed by atoms with E-state index >= 15 is 0 Å². The van der Waals surface area contributed by atoms with Crippen LogP contribution in [0.1, 0.15) is 0 Å². The van der Waals surface area contributed by atoms with Crippen LogP contribution in [0.5, 0.6) is 11.6 Å². The molecular weight excluding hydrogens is 528 g/mol. The van der Waals surface area contributed by atoms with Crippen molar-refractivity contribution in [2.24, 2.45) is 10.2 Å². The zero-order valence-electron chi connectivity index (χ0n) is 17.1. The van der Waals surface area contributed by atoms with E-state index in [1.807, 2.05) is 0 Å². The van der Waals surface area contributed by atoms with E-state index in [0.717, 1.165) is 4.47 Å². The van der Waals surface area contributed by atoms with Gasteiger partial charge in [-0.2, -0.15) is 0 Å². The van der Waals surface area contributed by atoms with Gasteiger partial charge in [-0.15, -0.1) is 10.2 Å². The van der Waals surface area contributed by atoms with E-state index in [2.05, 4.69) is 26.2 Å². The fourth-order valence-electron chi connectivity index (χ4n) is 3.16. The topological polar surface area (TPSA) is 81.1 Å². The highest BCUT2D eigenvalue weighted by Gasteiger charge is 2.21. The van der Waals surface area contributed by atoms with Crippen LogP contribution in [0.2, 0.25) is 5.02 Å². The van der Waals surface area contributed by atoms with E-state index in [1.165, 1.54) is 16.2 Å². The molecule has 4 aromatic rings. The van der Waals surface area contributed by atoms with Gasteiger partial charge in [0, 0.05) is 4.47 Å². The van der Waals surface area contributed by atoms with Crippen LogP contribution in [0.3, 0.4) is 0 Å². The number of aromatic hydroxyl groups is 1. The van der Waals surface area contributed by atoms with Crippen LogP contribution < -0.4 is 10.3 Å². The minimum Gasteiger partial charge on any atom is -0.495 e. The number of methoxy groups -OCH3 is 1. The van der Waals surface area contributed by atoms with Gasteiger partial charge in [-0.25, -0.2) is 0 Å². The summed E-state index contributed by atoms with van der Waals surface area (Å²) in [7, 11) is 1.50. The smallest absolute Gasteiger partial charge is 0.290 e. The minimum atomic E-state index is -0.637. The van der Waals surface area contributed by atoms with Crippen molar-refractivity contribution in [3.8, 4) is 23.0 Å². The van der Waals surface area contributed by atoms with E-state index in [9.17, 15) is 9.90 Å². The van der Waals surface area contributed by atoms with Gasteiger partial charge in [0.2, 0.25) is 11.6 Å². The number of hydrogen-bond donors (Lipinski definition) is 1. The Hall–Kier alpha value is -3.27. The van der Waals surface area contributed by atoms with Gasteiger partial charge in [0.1, 0.15) is 11.4 Å². The lowest BCUT2D eigenvalue weighted by atomic mass is 10.2. The maximum Gasteiger partial charge on any atom is 0.290 e. The Balaban J connectivity index is 2.05. The second kappa shape index (κ2) is 9.70. The molecule has 0 aliphatic carbocycles. The quantitative estimate of drug-likeness (QED) is 0.219. The van der Waals surface area contributed by atoms with Crippen molar-refractivity contribution in [1.29, 1.82) is 0 Å². The molecule has 1 heterocycles. The van der Waals surface area contributed by atoms with Gasteiger partial charge in [0.05, 0.1) is 23.5 Å². The average Bonchev–Trinajstić information content (AvgIpc) is 2.81. The number of azo groups is 1. The molecule has 0 unspecified atom stereocenters. The zero-order chi connectivity index (χ0) is 23.5. The first-order chi connectivity index (χ1) is 15.9. The maximum atomic E-state index is 13.4. The van der Waals surface area contributed by atoms with Crippen molar-refractivity contribution in [1.82, 2.24) is 9.13 Å². The van der Waals surface area contributed by atoms with Crippen LogP contribution in [0.25, 0.3) is 11.4 Å². The molecule has 0 aliphatic rings. The first kappa shape index (κ1) is 22.9. The molecule has 0 saturated heterocycles. The standard InChI is InChI=1S/C23H16BrClN4O3S/c1-32-19-9-5-4-8-18(19)29-22(31)20(27-26-17-7-3-2-6-16(17)25)21(30)28(23(29)33)15-12-10-14(24)11-13-15/h2-13,31H,1H3. The van der Waals surface area contributed by atoms with Crippen molar-refractivity contribution in [2.75, 3.05) is 7.11 Å². The summed E-state index contributed by atoms with van der Waals surface area (Å²) in [5.74, 6) is -0.0300. The molecule has 0 aliphatic heterocycles. The summed E-state index contributed by atoms with van der Waals surface area (Å²) in [6.45, 7) is 0. The van der Waals surface area contributed by atoms with E-state index in [-0.39, 0.29) is 10.5 Å². The second-order valence-corrected chi connectivity index (χ2v) is 8.42. The number of rotatable bonds is 5. The van der Waals surface area contributed by atoms with E-state index in [1.54, 1.807) is 72.8 Å². The summed E-state index contributed by atoms with van der Waals surface area (Å²) in [5, 5.41) is 19.6. The van der Waals surface area contributed by atoms with Crippen molar-refractivity contribution in [3.63, 3.8) is 0 Å². The SMILES string of the molecule is COc1ccccc1-n1c(O)c(N=Nc2ccccc2Cl)c(=O)n(-c2ccc(Br)cc2)c1=S. The molecule has 7 nitrogen and oxygen atoms in total. The minimum absolute atomic E-state index is 0.0287. The zero-order valence-corrected chi connectivity index (χ0v) is 20.3. The summed E-state index contributed by atoms with van der Waals surface area (Å²) in [5.41, 5.74) is 0.326. The lowest BCUT2D eigenvalue weighted by Gasteiger charge is -2.17. The molecular formula is C23H16BrClN4O3S. The Morgan fingerprint density at radius 3 is 2.33 bits per heavy atom. The fraction of sp³-hybridized carbons (Fsp3) is 0.0435. The molecule has 166 valence electrons. The molecule has 3 aromatic carbocycles. The summed E-state index contributed by atoms with van der Waals surface area (Å²) in [6.07, 6.45) is 0. The number of benzene rings is 3. The number of halogens is 2. The Labute approximate surface area is 207 Å². The second-order valence-electron chi connectivity index (χ2n) is 6.73. The number of nitrogens with zero attached hydrogens (tertiary/aromatic N) is 4. The highest BCUT2D eigenvalue weighted by molar-refractivity contribution is 9.10. The average molecular weight is 544 g/mol. The van der Waals surface area contributed by atoms with Crippen molar-refractivity contribution >= 4 is 51.1 Å². The molecule has 1 N–H and O–H groups in total. The Morgan fingerprint density at radius 2 is 1.64 bits per heavy atom. The predicted octanol–water partition coefficient (Wildman–Crippen LogP) is 6.90. The molecule has 0 saturated carbocycles. The largest absolute Gasteiger partial charge is 0.495 e. The molecule has 0 spiro atoms. The van der Waals surface area contributed by atoms with Gasteiger partial charge in [-0.3, -0.25) is 13.9 Å². The van der Waals surface area contributed by atoms with Gasteiger partial charge in [-0.1, -0.05) is 51.8 Å². The first-order valence-corrected chi connectivity index (χ1v) is 11.2. The normalized spacial score (nSPS) is 11.1. The lowest BCUT2D eigenvalue weighted by Crippen LogP contribution is -2.23. The molecule has 0 fully saturated rings. The van der Waals surface area contributed by atoms with Crippen LogP contribution in [-0.4, -0.2) is 21.4 Å². The van der Waals surface area contributed by atoms with E-state index in [4.69, 9.17) is 28.6 Å². The Morgan fingerprint density at radius 1 is 0.970 bits per heavy atom. The van der Waals surface area contributed by atoms with Crippen LogP contribution in [0.15, 0.2) is 92.3 Å². The Kier molecular flexibility index (Phi) is 6.73. The number of ether oxygens (including phenoxy) is 1. The molecule has 0 bridgehead atoms. The number of hydrogen-bond acceptors (Lipinski definition) is 6. The van der Waals surface area contributed by atoms with Gasteiger partial charge in [0.15, 0.2) is 4.77 Å². The van der Waals surface area contributed by atoms with Gasteiger partial charge < -0.3 is 9.84 Å². The van der Waals surface area contributed by atoms with Crippen molar-refractivity contribution < 1.29 is 9.84 Å². The van der Waals surface area contributed by atoms with E-state index < -0.39 is 11.4 Å². The van der Waals surface area contributed by atoms with Gasteiger partial charge in [-0.05, 0) is 60.7 Å². The number of para-hydroxylation sites is 2. The third kappa shape index (κ3) is 4.47. The third-order valence-corrected chi connectivity index (χ3v) is 5.95. The summed E-state index contributed by atoms with van der Waals surface area (Å²) in [4.78, 5) is 13.4. The molecule has 0 atom stereocenters. The first-order valence-electron chi connectivity index (χ1n) is 9.59. The van der Waals surface area contributed by atoms with Crippen LogP contribution >= 0.6 is 39.7 Å². The predicted molar refractivity (Wildman–Crippen MR) is 134 cm³/mol. The monoisotopic (exact) mass is 542 g/mol. The molecule has 4 rings (SSSR count). The summed E-state index contributed by atoms with van der Waals surface area (Å²) >= 11 is 15.2.